The molecule has 4 nitrogen and oxygen atoms in total. The van der Waals surface area contributed by atoms with E-state index in [1.54, 1.807) is 0 Å². The second-order valence-corrected chi connectivity index (χ2v) is 20.6. The third-order valence-electron chi connectivity index (χ3n) is 5.77. The summed E-state index contributed by atoms with van der Waals surface area (Å²) in [6.07, 6.45) is 4.28. The van der Waals surface area contributed by atoms with Gasteiger partial charge in [0.25, 0.3) is 0 Å². The van der Waals surface area contributed by atoms with Crippen molar-refractivity contribution in [1.29, 1.82) is 0 Å². The highest BCUT2D eigenvalue weighted by Crippen LogP contribution is 2.38. The fraction of sp³-hybridized carbons (Fsp3) is 0.826. The molecular formula is C23H44O4Si2. The third-order valence-corrected chi connectivity index (χ3v) is 11.4. The molecule has 0 spiro atoms. The average molecular weight is 441 g/mol. The van der Waals surface area contributed by atoms with Crippen LogP contribution in [0.15, 0.2) is 11.8 Å². The fourth-order valence-corrected chi connectivity index (χ4v) is 4.75. The lowest BCUT2D eigenvalue weighted by atomic mass is 9.98. The van der Waals surface area contributed by atoms with Crippen molar-refractivity contribution in [3.05, 3.63) is 11.8 Å². The van der Waals surface area contributed by atoms with Crippen molar-refractivity contribution in [2.75, 3.05) is 13.2 Å². The largest absolute Gasteiger partial charge is 0.410 e. The lowest BCUT2D eigenvalue weighted by Gasteiger charge is -2.40. The zero-order valence-electron chi connectivity index (χ0n) is 20.2. The van der Waals surface area contributed by atoms with Crippen molar-refractivity contribution >= 4 is 16.4 Å². The van der Waals surface area contributed by atoms with Gasteiger partial charge in [-0.3, -0.25) is 0 Å². The smallest absolute Gasteiger partial charge is 0.192 e. The normalized spacial score (nSPS) is 22.1. The van der Waals surface area contributed by atoms with E-state index in [4.69, 9.17) is 13.9 Å². The number of hydrogen-bond acceptors (Lipinski definition) is 4. The summed E-state index contributed by atoms with van der Waals surface area (Å²) >= 11 is 0. The summed E-state index contributed by atoms with van der Waals surface area (Å²) in [6.45, 7) is 21.2. The molecule has 0 aromatic heterocycles. The van der Waals surface area contributed by atoms with Crippen LogP contribution in [0.4, 0.5) is 0 Å². The molecule has 0 saturated carbocycles. The van der Waals surface area contributed by atoms with E-state index in [0.29, 0.717) is 0 Å². The standard InChI is InChI=1S/C23H44O4Si2/c1-19(20(24)13-12-17-26-22-14-10-11-16-25-22)21(15-18-28(5,6)7)27-29(8,9)23(2,3)4/h15,18-22,24H,10-11,14,16-17H2,1-9H3/b18-15+/t19-,20+,21-,22?/m1/s1. The highest BCUT2D eigenvalue weighted by Gasteiger charge is 2.40. The van der Waals surface area contributed by atoms with Crippen LogP contribution >= 0.6 is 0 Å². The van der Waals surface area contributed by atoms with Crippen LogP contribution in [0.1, 0.15) is 47.0 Å². The highest BCUT2D eigenvalue weighted by atomic mass is 28.4. The van der Waals surface area contributed by atoms with E-state index >= 15 is 0 Å². The molecule has 1 aliphatic heterocycles. The summed E-state index contributed by atoms with van der Waals surface area (Å²) in [5.74, 6) is 5.82. The molecule has 6 heteroatoms. The maximum Gasteiger partial charge on any atom is 0.192 e. The summed E-state index contributed by atoms with van der Waals surface area (Å²) < 4.78 is 17.9. The number of aliphatic hydroxyl groups excluding tert-OH is 1. The van der Waals surface area contributed by atoms with E-state index in [2.05, 4.69) is 77.1 Å². The van der Waals surface area contributed by atoms with E-state index in [1.165, 1.54) is 0 Å². The quantitative estimate of drug-likeness (QED) is 0.408. The van der Waals surface area contributed by atoms with Crippen LogP contribution in [0.3, 0.4) is 0 Å². The van der Waals surface area contributed by atoms with Gasteiger partial charge in [-0.25, -0.2) is 0 Å². The monoisotopic (exact) mass is 440 g/mol. The Morgan fingerprint density at radius 3 is 2.34 bits per heavy atom. The lowest BCUT2D eigenvalue weighted by Crippen LogP contribution is -2.46. The third kappa shape index (κ3) is 9.95. The molecular weight excluding hydrogens is 396 g/mol. The molecule has 168 valence electrons. The van der Waals surface area contributed by atoms with E-state index < -0.39 is 22.5 Å². The number of aliphatic hydroxyl groups is 1. The van der Waals surface area contributed by atoms with Crippen molar-refractivity contribution < 1.29 is 19.0 Å². The first-order valence-electron chi connectivity index (χ1n) is 11.0. The maximum atomic E-state index is 10.7. The molecule has 0 aromatic carbocycles. The van der Waals surface area contributed by atoms with Gasteiger partial charge in [-0.1, -0.05) is 71.0 Å². The van der Waals surface area contributed by atoms with Gasteiger partial charge in [-0.05, 0) is 37.4 Å². The van der Waals surface area contributed by atoms with E-state index in [1.807, 2.05) is 6.92 Å². The van der Waals surface area contributed by atoms with Crippen molar-refractivity contribution in [3.63, 3.8) is 0 Å². The zero-order chi connectivity index (χ0) is 22.3. The van der Waals surface area contributed by atoms with Gasteiger partial charge in [0.15, 0.2) is 14.6 Å². The van der Waals surface area contributed by atoms with Gasteiger partial charge in [-0.15, -0.1) is 0 Å². The predicted molar refractivity (Wildman–Crippen MR) is 127 cm³/mol. The van der Waals surface area contributed by atoms with Crippen LogP contribution in [0, 0.1) is 17.8 Å². The van der Waals surface area contributed by atoms with Crippen molar-refractivity contribution in [2.45, 2.75) is 103 Å². The first-order chi connectivity index (χ1) is 13.2. The first-order valence-corrected chi connectivity index (χ1v) is 17.5. The Morgan fingerprint density at radius 2 is 1.83 bits per heavy atom. The molecule has 0 aromatic rings. The molecule has 1 saturated heterocycles. The minimum absolute atomic E-state index is 0.114. The Balaban J connectivity index is 2.79. The Kier molecular flexibility index (Phi) is 10.3. The zero-order valence-corrected chi connectivity index (χ0v) is 22.2. The van der Waals surface area contributed by atoms with Gasteiger partial charge in [-0.2, -0.15) is 0 Å². The molecule has 1 fully saturated rings. The van der Waals surface area contributed by atoms with Crippen LogP contribution in [0.5, 0.6) is 0 Å². The number of ether oxygens (including phenoxy) is 2. The fourth-order valence-electron chi connectivity index (χ4n) is 2.66. The van der Waals surface area contributed by atoms with E-state index in [0.717, 1.165) is 25.9 Å². The maximum absolute atomic E-state index is 10.7. The summed E-state index contributed by atoms with van der Waals surface area (Å²) in [4.78, 5) is 0. The topological polar surface area (TPSA) is 47.9 Å². The Labute approximate surface area is 181 Å². The van der Waals surface area contributed by atoms with Crippen molar-refractivity contribution in [1.82, 2.24) is 0 Å². The van der Waals surface area contributed by atoms with Crippen molar-refractivity contribution in [3.8, 4) is 11.8 Å². The molecule has 1 aliphatic rings. The van der Waals surface area contributed by atoms with Crippen LogP contribution in [-0.2, 0) is 13.9 Å². The molecule has 4 atom stereocenters. The number of rotatable bonds is 8. The SMILES string of the molecule is C[C@H]([C@@H](O)C#CCOC1CCCCO1)[C@@H](/C=C/[Si](C)(C)C)O[Si](C)(C)C(C)(C)C. The van der Waals surface area contributed by atoms with Gasteiger partial charge in [0, 0.05) is 12.5 Å². The van der Waals surface area contributed by atoms with Crippen LogP contribution in [0.2, 0.25) is 37.8 Å². The number of hydrogen-bond donors (Lipinski definition) is 1. The Morgan fingerprint density at radius 1 is 1.17 bits per heavy atom. The Bertz CT molecular complexity index is 572. The van der Waals surface area contributed by atoms with Crippen molar-refractivity contribution in [2.24, 2.45) is 5.92 Å². The molecule has 1 heterocycles. The van der Waals surface area contributed by atoms with Crippen LogP contribution in [-0.4, -0.2) is 53.2 Å². The summed E-state index contributed by atoms with van der Waals surface area (Å²) in [6, 6.07) is 0. The van der Waals surface area contributed by atoms with Gasteiger partial charge in [0.05, 0.1) is 14.2 Å². The Hall–Kier alpha value is -0.426. The van der Waals surface area contributed by atoms with Gasteiger partial charge in [0.2, 0.25) is 0 Å². The van der Waals surface area contributed by atoms with E-state index in [-0.39, 0.29) is 30.0 Å². The minimum Gasteiger partial charge on any atom is -0.410 e. The molecule has 29 heavy (non-hydrogen) atoms. The van der Waals surface area contributed by atoms with E-state index in [9.17, 15) is 5.11 Å². The first kappa shape index (κ1) is 26.6. The van der Waals surface area contributed by atoms with Crippen LogP contribution in [0.25, 0.3) is 0 Å². The van der Waals surface area contributed by atoms with Gasteiger partial charge >= 0.3 is 0 Å². The summed E-state index contributed by atoms with van der Waals surface area (Å²) in [5, 5.41) is 10.8. The summed E-state index contributed by atoms with van der Waals surface area (Å²) in [7, 11) is -3.34. The second kappa shape index (κ2) is 11.3. The molecule has 1 unspecified atom stereocenters. The molecule has 0 aliphatic carbocycles. The molecule has 1 N–H and O–H groups in total. The molecule has 0 bridgehead atoms. The molecule has 0 amide bonds. The second-order valence-electron chi connectivity index (χ2n) is 10.8. The van der Waals surface area contributed by atoms with Gasteiger partial charge in [0.1, 0.15) is 12.7 Å². The average Bonchev–Trinajstić information content (AvgIpc) is 2.60. The summed E-state index contributed by atoms with van der Waals surface area (Å²) in [5.41, 5.74) is 2.31. The highest BCUT2D eigenvalue weighted by molar-refractivity contribution is 6.81. The molecule has 1 rings (SSSR count). The molecule has 0 radical (unpaired) electrons. The predicted octanol–water partition coefficient (Wildman–Crippen LogP) is 5.35. The van der Waals surface area contributed by atoms with Crippen LogP contribution < -0.4 is 0 Å². The lowest BCUT2D eigenvalue weighted by molar-refractivity contribution is -0.154. The van der Waals surface area contributed by atoms with Gasteiger partial charge < -0.3 is 19.0 Å². The minimum atomic E-state index is -1.97.